The first kappa shape index (κ1) is 17.8. The van der Waals surface area contributed by atoms with E-state index in [4.69, 9.17) is 4.42 Å². The van der Waals surface area contributed by atoms with Gasteiger partial charge < -0.3 is 19.5 Å². The van der Waals surface area contributed by atoms with Gasteiger partial charge >= 0.3 is 0 Å². The van der Waals surface area contributed by atoms with Crippen LogP contribution in [-0.2, 0) is 0 Å². The van der Waals surface area contributed by atoms with Crippen molar-refractivity contribution in [2.75, 3.05) is 20.1 Å². The van der Waals surface area contributed by atoms with E-state index in [0.29, 0.717) is 17.7 Å². The van der Waals surface area contributed by atoms with Gasteiger partial charge in [-0.2, -0.15) is 0 Å². The lowest BCUT2D eigenvalue weighted by Crippen LogP contribution is -2.23. The SMILES string of the molecule is CN1CC=C(c2c(O)cc(O)c3c(=O)cc(-c4ccccc4Br)oc23)CC1. The molecule has 2 N–H and O–H groups in total. The zero-order valence-corrected chi connectivity index (χ0v) is 16.3. The quantitative estimate of drug-likeness (QED) is 0.635. The van der Waals surface area contributed by atoms with E-state index in [-0.39, 0.29) is 27.9 Å². The second-order valence-electron chi connectivity index (χ2n) is 6.69. The summed E-state index contributed by atoms with van der Waals surface area (Å²) in [5, 5.41) is 20.9. The molecule has 1 aromatic heterocycles. The first-order valence-electron chi connectivity index (χ1n) is 8.61. The molecule has 0 spiro atoms. The first-order valence-corrected chi connectivity index (χ1v) is 9.40. The molecule has 0 aliphatic carbocycles. The van der Waals surface area contributed by atoms with Crippen LogP contribution in [0.25, 0.3) is 27.9 Å². The van der Waals surface area contributed by atoms with Crippen molar-refractivity contribution >= 4 is 32.5 Å². The molecule has 0 radical (unpaired) electrons. The van der Waals surface area contributed by atoms with Gasteiger partial charge in [0, 0.05) is 35.3 Å². The second kappa shape index (κ2) is 6.87. The van der Waals surface area contributed by atoms with E-state index < -0.39 is 0 Å². The van der Waals surface area contributed by atoms with Crippen LogP contribution in [0.4, 0.5) is 0 Å². The van der Waals surface area contributed by atoms with Gasteiger partial charge in [0.1, 0.15) is 22.6 Å². The number of hydrogen-bond acceptors (Lipinski definition) is 5. The Morgan fingerprint density at radius 1 is 1.15 bits per heavy atom. The predicted molar refractivity (Wildman–Crippen MR) is 109 cm³/mol. The van der Waals surface area contributed by atoms with Gasteiger partial charge in [0.05, 0.1) is 5.56 Å². The molecule has 1 aliphatic rings. The average Bonchev–Trinajstić information content (AvgIpc) is 2.63. The maximum atomic E-state index is 12.8. The molecule has 0 amide bonds. The van der Waals surface area contributed by atoms with E-state index in [0.717, 1.165) is 28.7 Å². The van der Waals surface area contributed by atoms with Crippen LogP contribution in [-0.4, -0.2) is 35.3 Å². The molecule has 0 bridgehead atoms. The number of phenolic OH excluding ortho intramolecular Hbond substituents is 2. The molecule has 1 aliphatic heterocycles. The number of fused-ring (bicyclic) bond motifs is 1. The number of likely N-dealkylation sites (N-methyl/N-ethyl adjacent to an activating group) is 1. The molecule has 3 aromatic rings. The monoisotopic (exact) mass is 427 g/mol. The molecule has 27 heavy (non-hydrogen) atoms. The average molecular weight is 428 g/mol. The van der Waals surface area contributed by atoms with Gasteiger partial charge in [-0.3, -0.25) is 4.79 Å². The van der Waals surface area contributed by atoms with E-state index >= 15 is 0 Å². The minimum atomic E-state index is -0.353. The molecule has 0 saturated carbocycles. The molecule has 2 heterocycles. The molecular formula is C21H18BrNO4. The van der Waals surface area contributed by atoms with E-state index in [1.54, 1.807) is 0 Å². The topological polar surface area (TPSA) is 73.9 Å². The molecule has 4 rings (SSSR count). The third-order valence-electron chi connectivity index (χ3n) is 4.83. The van der Waals surface area contributed by atoms with Gasteiger partial charge in [0.2, 0.25) is 0 Å². The lowest BCUT2D eigenvalue weighted by Gasteiger charge is -2.23. The lowest BCUT2D eigenvalue weighted by atomic mass is 9.96. The molecule has 0 fully saturated rings. The number of halogens is 1. The Bertz CT molecular complexity index is 1130. The Morgan fingerprint density at radius 3 is 2.63 bits per heavy atom. The highest BCUT2D eigenvalue weighted by molar-refractivity contribution is 9.10. The summed E-state index contributed by atoms with van der Waals surface area (Å²) in [6, 6.07) is 10.0. The van der Waals surface area contributed by atoms with Crippen LogP contribution >= 0.6 is 15.9 Å². The van der Waals surface area contributed by atoms with Crippen molar-refractivity contribution in [2.24, 2.45) is 0 Å². The smallest absolute Gasteiger partial charge is 0.197 e. The van der Waals surface area contributed by atoms with Crippen molar-refractivity contribution in [1.29, 1.82) is 0 Å². The first-order chi connectivity index (χ1) is 13.0. The summed E-state index contributed by atoms with van der Waals surface area (Å²) in [6.45, 7) is 1.58. The van der Waals surface area contributed by atoms with Gasteiger partial charge in [0.15, 0.2) is 11.0 Å². The van der Waals surface area contributed by atoms with Crippen molar-refractivity contribution in [3.63, 3.8) is 0 Å². The van der Waals surface area contributed by atoms with Crippen molar-refractivity contribution < 1.29 is 14.6 Å². The minimum Gasteiger partial charge on any atom is -0.507 e. The fourth-order valence-electron chi connectivity index (χ4n) is 3.40. The molecule has 6 heteroatoms. The number of rotatable bonds is 2. The molecule has 138 valence electrons. The van der Waals surface area contributed by atoms with E-state index in [9.17, 15) is 15.0 Å². The number of benzene rings is 2. The largest absolute Gasteiger partial charge is 0.507 e. The van der Waals surface area contributed by atoms with E-state index in [1.807, 2.05) is 37.4 Å². The fraction of sp³-hybridized carbons (Fsp3) is 0.190. The highest BCUT2D eigenvalue weighted by Gasteiger charge is 2.22. The summed E-state index contributed by atoms with van der Waals surface area (Å²) in [5.74, 6) is -0.00446. The summed E-state index contributed by atoms with van der Waals surface area (Å²) in [4.78, 5) is 14.9. The van der Waals surface area contributed by atoms with Crippen molar-refractivity contribution in [3.05, 3.63) is 62.7 Å². The van der Waals surface area contributed by atoms with Gasteiger partial charge in [-0.1, -0.05) is 40.2 Å². The van der Waals surface area contributed by atoms with Crippen molar-refractivity contribution in [2.45, 2.75) is 6.42 Å². The van der Waals surface area contributed by atoms with Gasteiger partial charge in [0.25, 0.3) is 0 Å². The third-order valence-corrected chi connectivity index (χ3v) is 5.52. The van der Waals surface area contributed by atoms with E-state index in [2.05, 4.69) is 20.8 Å². The van der Waals surface area contributed by atoms with Crippen molar-refractivity contribution in [1.82, 2.24) is 4.90 Å². The number of phenols is 2. The Kier molecular flexibility index (Phi) is 4.53. The summed E-state index contributed by atoms with van der Waals surface area (Å²) in [7, 11) is 2.02. The zero-order chi connectivity index (χ0) is 19.1. The lowest BCUT2D eigenvalue weighted by molar-refractivity contribution is 0.369. The predicted octanol–water partition coefficient (Wildman–Crippen LogP) is 4.35. The Labute approximate surface area is 164 Å². The van der Waals surface area contributed by atoms with Crippen LogP contribution in [0.1, 0.15) is 12.0 Å². The molecular weight excluding hydrogens is 410 g/mol. The van der Waals surface area contributed by atoms with Crippen LogP contribution in [0.3, 0.4) is 0 Å². The zero-order valence-electron chi connectivity index (χ0n) is 14.7. The van der Waals surface area contributed by atoms with Gasteiger partial charge in [-0.15, -0.1) is 0 Å². The van der Waals surface area contributed by atoms with Crippen molar-refractivity contribution in [3.8, 4) is 22.8 Å². The molecule has 0 saturated heterocycles. The maximum absolute atomic E-state index is 12.8. The third kappa shape index (κ3) is 3.15. The Hall–Kier alpha value is -2.57. The summed E-state index contributed by atoms with van der Waals surface area (Å²) < 4.78 is 6.87. The van der Waals surface area contributed by atoms with Gasteiger partial charge in [-0.05, 0) is 25.1 Å². The van der Waals surface area contributed by atoms with E-state index in [1.165, 1.54) is 12.1 Å². The summed E-state index contributed by atoms with van der Waals surface area (Å²) >= 11 is 3.47. The van der Waals surface area contributed by atoms with Crippen LogP contribution in [0, 0.1) is 0 Å². The molecule has 2 aromatic carbocycles. The Morgan fingerprint density at radius 2 is 1.93 bits per heavy atom. The maximum Gasteiger partial charge on any atom is 0.197 e. The number of nitrogens with zero attached hydrogens (tertiary/aromatic N) is 1. The normalized spacial score (nSPS) is 15.1. The number of hydrogen-bond donors (Lipinski definition) is 2. The van der Waals surface area contributed by atoms with Crippen LogP contribution in [0.5, 0.6) is 11.5 Å². The molecule has 0 unspecified atom stereocenters. The molecule has 5 nitrogen and oxygen atoms in total. The standard InChI is InChI=1S/C21H18BrNO4/c1-23-8-6-12(7-9-23)19-15(24)10-16(25)20-17(26)11-18(27-21(19)20)13-4-2-3-5-14(13)22/h2-6,10-11,24-25H,7-9H2,1H3. The van der Waals surface area contributed by atoms with Crippen LogP contribution < -0.4 is 5.43 Å². The van der Waals surface area contributed by atoms with Crippen LogP contribution in [0.2, 0.25) is 0 Å². The Balaban J connectivity index is 2.04. The fourth-order valence-corrected chi connectivity index (χ4v) is 3.88. The highest BCUT2D eigenvalue weighted by Crippen LogP contribution is 2.41. The summed E-state index contributed by atoms with van der Waals surface area (Å²) in [5.41, 5.74) is 1.96. The summed E-state index contributed by atoms with van der Waals surface area (Å²) in [6.07, 6.45) is 2.73. The number of aromatic hydroxyl groups is 2. The second-order valence-corrected chi connectivity index (χ2v) is 7.54. The van der Waals surface area contributed by atoms with Crippen LogP contribution in [0.15, 0.2) is 56.2 Å². The minimum absolute atomic E-state index is 0.0819. The van der Waals surface area contributed by atoms with Gasteiger partial charge in [-0.25, -0.2) is 0 Å². The molecule has 0 atom stereocenters. The highest BCUT2D eigenvalue weighted by atomic mass is 79.9.